The van der Waals surface area contributed by atoms with E-state index in [4.69, 9.17) is 0 Å². The van der Waals surface area contributed by atoms with Crippen LogP contribution in [-0.2, 0) is 25.7 Å². The van der Waals surface area contributed by atoms with Crippen LogP contribution >= 0.6 is 0 Å². The third-order valence-corrected chi connectivity index (χ3v) is 3.80. The molecule has 1 aromatic heterocycles. The van der Waals surface area contributed by atoms with E-state index >= 15 is 0 Å². The molecule has 0 atom stereocenters. The average molecular weight is 290 g/mol. The van der Waals surface area contributed by atoms with Crippen LogP contribution in [-0.4, -0.2) is 40.6 Å². The number of likely N-dealkylation sites (N-methyl/N-ethyl adjacent to an activating group) is 1. The van der Waals surface area contributed by atoms with Gasteiger partial charge in [-0.2, -0.15) is 13.2 Å². The number of hydrogen-bond donors (Lipinski definition) is 1. The molecular formula is C13H21F3N4. The molecular weight excluding hydrogens is 269 g/mol. The number of alkyl halides is 3. The number of rotatable bonds is 4. The number of fused-ring (bicyclic) bond motifs is 1. The normalized spacial score (nSPS) is 16.0. The molecule has 7 heteroatoms. The predicted molar refractivity (Wildman–Crippen MR) is 70.4 cm³/mol. The molecule has 1 aromatic rings. The Balaban J connectivity index is 2.27. The number of nitrogens with zero attached hydrogens (tertiary/aromatic N) is 3. The maximum absolute atomic E-state index is 13.1. The van der Waals surface area contributed by atoms with Crippen molar-refractivity contribution in [1.82, 2.24) is 19.8 Å². The van der Waals surface area contributed by atoms with Gasteiger partial charge in [0.25, 0.3) is 0 Å². The van der Waals surface area contributed by atoms with Gasteiger partial charge >= 0.3 is 6.18 Å². The summed E-state index contributed by atoms with van der Waals surface area (Å²) in [6, 6.07) is 0.311. The fraction of sp³-hybridized carbons (Fsp3) is 0.769. The average Bonchev–Trinajstić information content (AvgIpc) is 2.74. The van der Waals surface area contributed by atoms with Crippen molar-refractivity contribution in [3.63, 3.8) is 0 Å². The van der Waals surface area contributed by atoms with Gasteiger partial charge in [0.1, 0.15) is 0 Å². The molecule has 114 valence electrons. The lowest BCUT2D eigenvalue weighted by atomic mass is 10.2. The SMILES string of the molecule is CC(C)N(C)CCn1c(C(F)(F)F)nc2c1CCNC2. The molecule has 0 bridgehead atoms. The van der Waals surface area contributed by atoms with Gasteiger partial charge in [-0.3, -0.25) is 0 Å². The van der Waals surface area contributed by atoms with Crippen molar-refractivity contribution < 1.29 is 13.2 Å². The summed E-state index contributed by atoms with van der Waals surface area (Å²) in [6.07, 6.45) is -3.79. The highest BCUT2D eigenvalue weighted by Crippen LogP contribution is 2.31. The van der Waals surface area contributed by atoms with Gasteiger partial charge in [0, 0.05) is 44.3 Å². The highest BCUT2D eigenvalue weighted by molar-refractivity contribution is 5.21. The second kappa shape index (κ2) is 5.73. The van der Waals surface area contributed by atoms with Crippen LogP contribution in [0.15, 0.2) is 0 Å². The van der Waals surface area contributed by atoms with Gasteiger partial charge in [0.15, 0.2) is 0 Å². The van der Waals surface area contributed by atoms with Gasteiger partial charge < -0.3 is 14.8 Å². The maximum Gasteiger partial charge on any atom is 0.449 e. The van der Waals surface area contributed by atoms with Gasteiger partial charge in [0.05, 0.1) is 5.69 Å². The quantitative estimate of drug-likeness (QED) is 0.919. The molecule has 0 spiro atoms. The molecule has 0 saturated heterocycles. The summed E-state index contributed by atoms with van der Waals surface area (Å²) in [5.41, 5.74) is 1.27. The minimum Gasteiger partial charge on any atom is -0.323 e. The zero-order valence-electron chi connectivity index (χ0n) is 12.1. The van der Waals surface area contributed by atoms with Crippen molar-refractivity contribution in [3.8, 4) is 0 Å². The largest absolute Gasteiger partial charge is 0.449 e. The molecule has 0 aromatic carbocycles. The highest BCUT2D eigenvalue weighted by Gasteiger charge is 2.39. The fourth-order valence-electron chi connectivity index (χ4n) is 2.34. The highest BCUT2D eigenvalue weighted by atomic mass is 19.4. The maximum atomic E-state index is 13.1. The van der Waals surface area contributed by atoms with Gasteiger partial charge in [-0.1, -0.05) is 0 Å². The van der Waals surface area contributed by atoms with Crippen LogP contribution in [0.25, 0.3) is 0 Å². The standard InChI is InChI=1S/C13H21F3N4/c1-9(2)19(3)6-7-20-11-4-5-17-8-10(11)18-12(20)13(14,15)16/h9,17H,4-8H2,1-3H3. The minimum absolute atomic E-state index is 0.311. The Hall–Kier alpha value is -1.08. The number of hydrogen-bond acceptors (Lipinski definition) is 3. The molecule has 0 radical (unpaired) electrons. The smallest absolute Gasteiger partial charge is 0.323 e. The first-order valence-electron chi connectivity index (χ1n) is 6.87. The van der Waals surface area contributed by atoms with E-state index < -0.39 is 12.0 Å². The first kappa shape index (κ1) is 15.3. The number of aromatic nitrogens is 2. The molecule has 0 amide bonds. The van der Waals surface area contributed by atoms with E-state index in [1.165, 1.54) is 4.57 Å². The lowest BCUT2D eigenvalue weighted by molar-refractivity contribution is -0.147. The van der Waals surface area contributed by atoms with Crippen LogP contribution in [0.5, 0.6) is 0 Å². The van der Waals surface area contributed by atoms with E-state index in [2.05, 4.69) is 10.3 Å². The molecule has 0 unspecified atom stereocenters. The van der Waals surface area contributed by atoms with E-state index in [0.717, 1.165) is 5.69 Å². The molecule has 0 saturated carbocycles. The van der Waals surface area contributed by atoms with E-state index in [0.29, 0.717) is 44.3 Å². The summed E-state index contributed by atoms with van der Waals surface area (Å²) in [6.45, 7) is 6.08. The van der Waals surface area contributed by atoms with Gasteiger partial charge in [-0.05, 0) is 20.9 Å². The number of imidazole rings is 1. The molecule has 1 aliphatic heterocycles. The third-order valence-electron chi connectivity index (χ3n) is 3.80. The van der Waals surface area contributed by atoms with Crippen molar-refractivity contribution in [2.45, 2.75) is 45.6 Å². The van der Waals surface area contributed by atoms with Crippen molar-refractivity contribution >= 4 is 0 Å². The number of halogens is 3. The van der Waals surface area contributed by atoms with E-state index in [1.54, 1.807) is 0 Å². The van der Waals surface area contributed by atoms with Gasteiger partial charge in [-0.15, -0.1) is 0 Å². The molecule has 1 N–H and O–H groups in total. The van der Waals surface area contributed by atoms with E-state index in [1.807, 2.05) is 25.8 Å². The van der Waals surface area contributed by atoms with Crippen molar-refractivity contribution in [3.05, 3.63) is 17.2 Å². The Morgan fingerprint density at radius 3 is 2.70 bits per heavy atom. The summed E-state index contributed by atoms with van der Waals surface area (Å²) in [4.78, 5) is 5.84. The Morgan fingerprint density at radius 2 is 2.10 bits per heavy atom. The zero-order chi connectivity index (χ0) is 14.9. The second-order valence-electron chi connectivity index (χ2n) is 5.48. The van der Waals surface area contributed by atoms with Gasteiger partial charge in [0.2, 0.25) is 5.82 Å². The van der Waals surface area contributed by atoms with Crippen LogP contribution in [0.4, 0.5) is 13.2 Å². The van der Waals surface area contributed by atoms with Crippen LogP contribution < -0.4 is 5.32 Å². The fourth-order valence-corrected chi connectivity index (χ4v) is 2.34. The molecule has 2 rings (SSSR count). The molecule has 1 aliphatic rings. The van der Waals surface area contributed by atoms with E-state index in [-0.39, 0.29) is 0 Å². The van der Waals surface area contributed by atoms with Crippen molar-refractivity contribution in [1.29, 1.82) is 0 Å². The summed E-state index contributed by atoms with van der Waals surface area (Å²) < 4.78 is 40.7. The first-order valence-corrected chi connectivity index (χ1v) is 6.87. The second-order valence-corrected chi connectivity index (χ2v) is 5.48. The Morgan fingerprint density at radius 1 is 1.40 bits per heavy atom. The van der Waals surface area contributed by atoms with Crippen LogP contribution in [0.2, 0.25) is 0 Å². The molecule has 20 heavy (non-hydrogen) atoms. The van der Waals surface area contributed by atoms with Crippen molar-refractivity contribution in [2.24, 2.45) is 0 Å². The third kappa shape index (κ3) is 3.15. The zero-order valence-corrected chi connectivity index (χ0v) is 12.1. The predicted octanol–water partition coefficient (Wildman–Crippen LogP) is 1.89. The Bertz CT molecular complexity index is 465. The summed E-state index contributed by atoms with van der Waals surface area (Å²) in [5.74, 6) is -0.761. The molecule has 2 heterocycles. The number of nitrogens with one attached hydrogen (secondary N) is 1. The lowest BCUT2D eigenvalue weighted by Crippen LogP contribution is -2.32. The van der Waals surface area contributed by atoms with Gasteiger partial charge in [-0.25, -0.2) is 4.98 Å². The molecule has 0 fully saturated rings. The molecule has 0 aliphatic carbocycles. The summed E-state index contributed by atoms with van der Waals surface area (Å²) in [5, 5.41) is 3.06. The Labute approximate surface area is 117 Å². The Kier molecular flexibility index (Phi) is 4.39. The van der Waals surface area contributed by atoms with E-state index in [9.17, 15) is 13.2 Å². The monoisotopic (exact) mass is 290 g/mol. The van der Waals surface area contributed by atoms with Crippen molar-refractivity contribution in [2.75, 3.05) is 20.1 Å². The summed E-state index contributed by atoms with van der Waals surface area (Å²) >= 11 is 0. The van der Waals surface area contributed by atoms with Crippen LogP contribution in [0.3, 0.4) is 0 Å². The minimum atomic E-state index is -4.40. The topological polar surface area (TPSA) is 33.1 Å². The molecule has 4 nitrogen and oxygen atoms in total. The van der Waals surface area contributed by atoms with Crippen LogP contribution in [0.1, 0.15) is 31.1 Å². The summed E-state index contributed by atoms with van der Waals surface area (Å²) in [7, 11) is 1.92. The lowest BCUT2D eigenvalue weighted by Gasteiger charge is -2.23. The van der Waals surface area contributed by atoms with Crippen LogP contribution in [0, 0.1) is 0 Å². The first-order chi connectivity index (χ1) is 9.30.